The summed E-state index contributed by atoms with van der Waals surface area (Å²) in [6.45, 7) is 0. The molecule has 1 aromatic rings. The average Bonchev–Trinajstić information content (AvgIpc) is 2.03. The monoisotopic (exact) mass is 265 g/mol. The van der Waals surface area contributed by atoms with Crippen molar-refractivity contribution in [3.05, 3.63) is 34.1 Å². The van der Waals surface area contributed by atoms with E-state index in [1.807, 2.05) is 0 Å². The third-order valence-electron chi connectivity index (χ3n) is 1.49. The zero-order valence-corrected chi connectivity index (χ0v) is 8.77. The first-order chi connectivity index (χ1) is 6.02. The van der Waals surface area contributed by atoms with Gasteiger partial charge < -0.3 is 5.73 Å². The maximum Gasteiger partial charge on any atom is 0.240 e. The largest absolute Gasteiger partial charge is 0.368 e. The average molecular weight is 266 g/mol. The van der Waals surface area contributed by atoms with Crippen molar-refractivity contribution in [3.8, 4) is 0 Å². The summed E-state index contributed by atoms with van der Waals surface area (Å²) in [5, 5.41) is -0.935. The Morgan fingerprint density at radius 3 is 2.69 bits per heavy atom. The van der Waals surface area contributed by atoms with Crippen molar-refractivity contribution in [2.75, 3.05) is 0 Å². The number of rotatable bonds is 2. The second kappa shape index (κ2) is 4.07. The van der Waals surface area contributed by atoms with Crippen LogP contribution in [0.25, 0.3) is 0 Å². The number of hydrogen-bond acceptors (Lipinski definition) is 1. The SMILES string of the molecule is NC(=O)C(Cl)c1ccc(F)cc1Br. The third-order valence-corrected chi connectivity index (χ3v) is 2.62. The number of halogens is 3. The highest BCUT2D eigenvalue weighted by Crippen LogP contribution is 2.28. The molecule has 0 aliphatic rings. The Kier molecular flexibility index (Phi) is 3.27. The molecule has 2 nitrogen and oxygen atoms in total. The lowest BCUT2D eigenvalue weighted by molar-refractivity contribution is -0.117. The molecule has 0 spiro atoms. The Hall–Kier alpha value is -0.610. The molecule has 1 unspecified atom stereocenters. The van der Waals surface area contributed by atoms with Crippen molar-refractivity contribution < 1.29 is 9.18 Å². The van der Waals surface area contributed by atoms with Gasteiger partial charge in [0, 0.05) is 4.47 Å². The molecule has 0 saturated heterocycles. The van der Waals surface area contributed by atoms with Gasteiger partial charge in [-0.1, -0.05) is 22.0 Å². The number of carbonyl (C=O) groups is 1. The summed E-state index contributed by atoms with van der Waals surface area (Å²) in [4.78, 5) is 10.7. The summed E-state index contributed by atoms with van der Waals surface area (Å²) in [6, 6.07) is 3.87. The van der Waals surface area contributed by atoms with Crippen molar-refractivity contribution in [3.63, 3.8) is 0 Å². The van der Waals surface area contributed by atoms with Gasteiger partial charge >= 0.3 is 0 Å². The lowest BCUT2D eigenvalue weighted by Crippen LogP contribution is -2.17. The van der Waals surface area contributed by atoms with Gasteiger partial charge in [0.15, 0.2) is 0 Å². The molecule has 0 aromatic heterocycles. The topological polar surface area (TPSA) is 43.1 Å². The molecule has 1 rings (SSSR count). The molecule has 0 bridgehead atoms. The predicted molar refractivity (Wildman–Crippen MR) is 51.9 cm³/mol. The molecule has 2 N–H and O–H groups in total. The number of carbonyl (C=O) groups excluding carboxylic acids is 1. The van der Waals surface area contributed by atoms with Crippen LogP contribution in [0.4, 0.5) is 4.39 Å². The molecule has 13 heavy (non-hydrogen) atoms. The van der Waals surface area contributed by atoms with Crippen LogP contribution in [-0.2, 0) is 4.79 Å². The van der Waals surface area contributed by atoms with E-state index >= 15 is 0 Å². The van der Waals surface area contributed by atoms with E-state index in [4.69, 9.17) is 17.3 Å². The van der Waals surface area contributed by atoms with Crippen LogP contribution in [0.15, 0.2) is 22.7 Å². The molecule has 1 aromatic carbocycles. The molecular weight excluding hydrogens is 260 g/mol. The molecule has 0 aliphatic heterocycles. The van der Waals surface area contributed by atoms with Crippen molar-refractivity contribution >= 4 is 33.4 Å². The van der Waals surface area contributed by atoms with Crippen LogP contribution in [-0.4, -0.2) is 5.91 Å². The summed E-state index contributed by atoms with van der Waals surface area (Å²) in [7, 11) is 0. The fourth-order valence-corrected chi connectivity index (χ4v) is 1.76. The maximum atomic E-state index is 12.6. The molecule has 0 aliphatic carbocycles. The number of hydrogen-bond donors (Lipinski definition) is 1. The van der Waals surface area contributed by atoms with Crippen molar-refractivity contribution in [1.82, 2.24) is 0 Å². The van der Waals surface area contributed by atoms with Crippen molar-refractivity contribution in [1.29, 1.82) is 0 Å². The van der Waals surface area contributed by atoms with Gasteiger partial charge in [0.25, 0.3) is 0 Å². The number of primary amides is 1. The Bertz CT molecular complexity index is 345. The highest BCUT2D eigenvalue weighted by atomic mass is 79.9. The van der Waals surface area contributed by atoms with Crippen LogP contribution in [0.2, 0.25) is 0 Å². The van der Waals surface area contributed by atoms with Gasteiger partial charge in [-0.05, 0) is 17.7 Å². The van der Waals surface area contributed by atoms with E-state index < -0.39 is 17.1 Å². The fraction of sp³-hybridized carbons (Fsp3) is 0.125. The molecule has 0 radical (unpaired) electrons. The molecular formula is C8H6BrClFNO. The highest BCUT2D eigenvalue weighted by Gasteiger charge is 2.17. The maximum absolute atomic E-state index is 12.6. The van der Waals surface area contributed by atoms with Crippen LogP contribution < -0.4 is 5.73 Å². The number of benzene rings is 1. The molecule has 1 amide bonds. The molecule has 0 saturated carbocycles. The second-order valence-electron chi connectivity index (χ2n) is 2.43. The summed E-state index contributed by atoms with van der Waals surface area (Å²) in [5.74, 6) is -1.06. The fourth-order valence-electron chi connectivity index (χ4n) is 0.860. The third kappa shape index (κ3) is 2.42. The van der Waals surface area contributed by atoms with Gasteiger partial charge in [-0.15, -0.1) is 11.6 Å². The van der Waals surface area contributed by atoms with E-state index in [-0.39, 0.29) is 0 Å². The zero-order valence-electron chi connectivity index (χ0n) is 6.43. The van der Waals surface area contributed by atoms with Gasteiger partial charge in [0.1, 0.15) is 11.2 Å². The minimum Gasteiger partial charge on any atom is -0.368 e. The summed E-state index contributed by atoms with van der Waals surface area (Å²) < 4.78 is 13.1. The van der Waals surface area contributed by atoms with Crippen molar-refractivity contribution in [2.24, 2.45) is 5.73 Å². The predicted octanol–water partition coefficient (Wildman–Crippen LogP) is 2.35. The highest BCUT2D eigenvalue weighted by molar-refractivity contribution is 9.10. The first-order valence-electron chi connectivity index (χ1n) is 3.40. The van der Waals surface area contributed by atoms with Crippen molar-refractivity contribution in [2.45, 2.75) is 5.38 Å². The normalized spacial score (nSPS) is 12.5. The van der Waals surface area contributed by atoms with E-state index in [0.29, 0.717) is 10.0 Å². The Balaban J connectivity index is 3.08. The van der Waals surface area contributed by atoms with Crippen LogP contribution >= 0.6 is 27.5 Å². The Morgan fingerprint density at radius 2 is 2.23 bits per heavy atom. The smallest absolute Gasteiger partial charge is 0.240 e. The van der Waals surface area contributed by atoms with Gasteiger partial charge in [-0.3, -0.25) is 4.79 Å². The van der Waals surface area contributed by atoms with E-state index in [1.54, 1.807) is 0 Å². The van der Waals surface area contributed by atoms with Crippen LogP contribution in [0.1, 0.15) is 10.9 Å². The molecule has 70 valence electrons. The Labute approximate surface area is 88.0 Å². The van der Waals surface area contributed by atoms with Crippen LogP contribution in [0.3, 0.4) is 0 Å². The van der Waals surface area contributed by atoms with Crippen LogP contribution in [0, 0.1) is 5.82 Å². The Morgan fingerprint density at radius 1 is 1.62 bits per heavy atom. The number of nitrogens with two attached hydrogens (primary N) is 1. The lowest BCUT2D eigenvalue weighted by Gasteiger charge is -2.07. The molecule has 0 heterocycles. The number of amides is 1. The van der Waals surface area contributed by atoms with Gasteiger partial charge in [-0.2, -0.15) is 0 Å². The summed E-state index contributed by atoms with van der Waals surface area (Å²) in [6.07, 6.45) is 0. The van der Waals surface area contributed by atoms with E-state index in [1.165, 1.54) is 18.2 Å². The van der Waals surface area contributed by atoms with Crippen LogP contribution in [0.5, 0.6) is 0 Å². The lowest BCUT2D eigenvalue weighted by atomic mass is 10.1. The molecule has 1 atom stereocenters. The van der Waals surface area contributed by atoms with E-state index in [9.17, 15) is 9.18 Å². The first-order valence-corrected chi connectivity index (χ1v) is 4.63. The number of alkyl halides is 1. The summed E-state index contributed by atoms with van der Waals surface area (Å²) >= 11 is 8.76. The molecule has 5 heteroatoms. The quantitative estimate of drug-likeness (QED) is 0.821. The second-order valence-corrected chi connectivity index (χ2v) is 3.72. The minimum atomic E-state index is -0.935. The molecule has 0 fully saturated rings. The van der Waals surface area contributed by atoms with Gasteiger partial charge in [0.05, 0.1) is 0 Å². The van der Waals surface area contributed by atoms with Gasteiger partial charge in [0.2, 0.25) is 5.91 Å². The first kappa shape index (κ1) is 10.5. The van der Waals surface area contributed by atoms with Gasteiger partial charge in [-0.25, -0.2) is 4.39 Å². The standard InChI is InChI=1S/C8H6BrClFNO/c9-6-3-4(11)1-2-5(6)7(10)8(12)13/h1-3,7H,(H2,12,13). The summed E-state index contributed by atoms with van der Waals surface area (Å²) in [5.41, 5.74) is 5.46. The van der Waals surface area contributed by atoms with E-state index in [0.717, 1.165) is 0 Å². The van der Waals surface area contributed by atoms with E-state index in [2.05, 4.69) is 15.9 Å². The minimum absolute atomic E-state index is 0.399. The zero-order chi connectivity index (χ0) is 10.0.